The number of amides is 2. The Bertz CT molecular complexity index is 793. The number of aromatic nitrogens is 1. The highest BCUT2D eigenvalue weighted by molar-refractivity contribution is 5.89. The van der Waals surface area contributed by atoms with Crippen molar-refractivity contribution in [3.05, 3.63) is 36.0 Å². The van der Waals surface area contributed by atoms with Gasteiger partial charge >= 0.3 is 0 Å². The van der Waals surface area contributed by atoms with Crippen LogP contribution in [-0.2, 0) is 16.0 Å². The normalized spacial score (nSPS) is 16.8. The van der Waals surface area contributed by atoms with Crippen LogP contribution in [0, 0.1) is 5.92 Å². The quantitative estimate of drug-likeness (QED) is 0.612. The average Bonchev–Trinajstić information content (AvgIpc) is 3.08. The van der Waals surface area contributed by atoms with Gasteiger partial charge in [0.15, 0.2) is 0 Å². The number of para-hydroxylation sites is 1. The second-order valence-electron chi connectivity index (χ2n) is 7.99. The van der Waals surface area contributed by atoms with E-state index in [0.29, 0.717) is 13.0 Å². The Hall–Kier alpha value is -2.34. The van der Waals surface area contributed by atoms with Crippen LogP contribution in [0.3, 0.4) is 0 Å². The monoisotopic (exact) mass is 384 g/mol. The smallest absolute Gasteiger partial charge is 0.242 e. The van der Waals surface area contributed by atoms with Gasteiger partial charge < -0.3 is 20.5 Å². The molecule has 6 nitrogen and oxygen atoms in total. The molecule has 2 aromatic rings. The summed E-state index contributed by atoms with van der Waals surface area (Å²) in [6.07, 6.45) is 5.85. The minimum Gasteiger partial charge on any atom is -0.361 e. The molecule has 1 atom stereocenters. The second kappa shape index (κ2) is 9.73. The van der Waals surface area contributed by atoms with Gasteiger partial charge in [-0.3, -0.25) is 9.59 Å². The fourth-order valence-corrected chi connectivity index (χ4v) is 3.90. The molecule has 1 saturated heterocycles. The maximum atomic E-state index is 12.7. The van der Waals surface area contributed by atoms with Crippen LogP contribution in [-0.4, -0.2) is 53.9 Å². The topological polar surface area (TPSA) is 77.2 Å². The number of aromatic amines is 1. The number of carbonyl (C=O) groups excluding carboxylic acids is 2. The number of fused-ring (bicyclic) bond motifs is 1. The van der Waals surface area contributed by atoms with Gasteiger partial charge in [0.2, 0.25) is 11.8 Å². The second-order valence-corrected chi connectivity index (χ2v) is 7.99. The predicted molar refractivity (Wildman–Crippen MR) is 112 cm³/mol. The summed E-state index contributed by atoms with van der Waals surface area (Å²) in [5, 5.41) is 6.90. The lowest BCUT2D eigenvalue weighted by Gasteiger charge is -2.30. The fourth-order valence-electron chi connectivity index (χ4n) is 3.90. The highest BCUT2D eigenvalue weighted by atomic mass is 16.2. The molecule has 0 radical (unpaired) electrons. The van der Waals surface area contributed by atoms with E-state index in [1.54, 1.807) is 0 Å². The molecule has 0 bridgehead atoms. The molecule has 2 amide bonds. The average molecular weight is 385 g/mol. The maximum Gasteiger partial charge on any atom is 0.242 e. The van der Waals surface area contributed by atoms with Crippen LogP contribution in [0.1, 0.15) is 38.7 Å². The minimum absolute atomic E-state index is 0.118. The lowest BCUT2D eigenvalue weighted by Crippen LogP contribution is -2.47. The zero-order valence-corrected chi connectivity index (χ0v) is 17.0. The Labute approximate surface area is 167 Å². The van der Waals surface area contributed by atoms with Crippen LogP contribution in [0.25, 0.3) is 10.9 Å². The Morgan fingerprint density at radius 3 is 2.75 bits per heavy atom. The Kier molecular flexibility index (Phi) is 7.09. The van der Waals surface area contributed by atoms with Crippen molar-refractivity contribution in [2.45, 2.75) is 45.6 Å². The van der Waals surface area contributed by atoms with Crippen LogP contribution in [0.5, 0.6) is 0 Å². The predicted octanol–water partition coefficient (Wildman–Crippen LogP) is 2.45. The number of piperidine rings is 1. The molecule has 1 aliphatic heterocycles. The van der Waals surface area contributed by atoms with E-state index in [0.717, 1.165) is 48.4 Å². The van der Waals surface area contributed by atoms with Crippen LogP contribution in [0.15, 0.2) is 30.5 Å². The molecule has 1 aromatic heterocycles. The highest BCUT2D eigenvalue weighted by Crippen LogP contribution is 2.19. The van der Waals surface area contributed by atoms with Crippen LogP contribution in [0.2, 0.25) is 0 Å². The third-order valence-electron chi connectivity index (χ3n) is 5.62. The van der Waals surface area contributed by atoms with E-state index in [4.69, 9.17) is 0 Å². The maximum absolute atomic E-state index is 12.7. The van der Waals surface area contributed by atoms with E-state index in [1.165, 1.54) is 19.8 Å². The third kappa shape index (κ3) is 5.58. The van der Waals surface area contributed by atoms with Crippen LogP contribution < -0.4 is 10.6 Å². The number of hydrogen-bond acceptors (Lipinski definition) is 3. The number of H-pyrrole nitrogens is 1. The van der Waals surface area contributed by atoms with Crippen molar-refractivity contribution in [1.29, 1.82) is 0 Å². The Morgan fingerprint density at radius 1 is 1.25 bits per heavy atom. The molecule has 1 aliphatic rings. The third-order valence-corrected chi connectivity index (χ3v) is 5.62. The zero-order chi connectivity index (χ0) is 19.9. The van der Waals surface area contributed by atoms with Crippen molar-refractivity contribution in [2.24, 2.45) is 5.92 Å². The Balaban J connectivity index is 1.51. The van der Waals surface area contributed by atoms with Crippen molar-refractivity contribution in [1.82, 2.24) is 20.5 Å². The number of likely N-dealkylation sites (tertiary alicyclic amines) is 1. The highest BCUT2D eigenvalue weighted by Gasteiger charge is 2.21. The largest absolute Gasteiger partial charge is 0.361 e. The minimum atomic E-state index is -0.562. The summed E-state index contributed by atoms with van der Waals surface area (Å²) in [7, 11) is 0. The summed E-state index contributed by atoms with van der Waals surface area (Å²) in [5.74, 6) is 0.522. The van der Waals surface area contributed by atoms with Crippen LogP contribution in [0.4, 0.5) is 0 Å². The van der Waals surface area contributed by atoms with Gasteiger partial charge in [-0.1, -0.05) is 25.1 Å². The lowest BCUT2D eigenvalue weighted by molar-refractivity contribution is -0.128. The van der Waals surface area contributed by atoms with Gasteiger partial charge in [0.1, 0.15) is 6.04 Å². The van der Waals surface area contributed by atoms with Crippen molar-refractivity contribution in [3.63, 3.8) is 0 Å². The van der Waals surface area contributed by atoms with E-state index < -0.39 is 6.04 Å². The van der Waals surface area contributed by atoms with Gasteiger partial charge in [-0.15, -0.1) is 0 Å². The van der Waals surface area contributed by atoms with Crippen molar-refractivity contribution >= 4 is 22.7 Å². The van der Waals surface area contributed by atoms with Gasteiger partial charge in [0, 0.05) is 37.0 Å². The summed E-state index contributed by atoms with van der Waals surface area (Å²) >= 11 is 0. The molecule has 1 unspecified atom stereocenters. The molecule has 0 saturated carbocycles. The molecule has 1 aromatic carbocycles. The van der Waals surface area contributed by atoms with E-state index in [9.17, 15) is 9.59 Å². The van der Waals surface area contributed by atoms with E-state index >= 15 is 0 Å². The molecule has 2 heterocycles. The zero-order valence-electron chi connectivity index (χ0n) is 17.0. The van der Waals surface area contributed by atoms with Gasteiger partial charge in [-0.05, 0) is 56.4 Å². The van der Waals surface area contributed by atoms with Gasteiger partial charge in [0.05, 0.1) is 0 Å². The molecular weight excluding hydrogens is 352 g/mol. The first-order valence-corrected chi connectivity index (χ1v) is 10.3. The van der Waals surface area contributed by atoms with Crippen molar-refractivity contribution < 1.29 is 9.59 Å². The molecular formula is C22H32N4O2. The first-order valence-electron chi connectivity index (χ1n) is 10.3. The number of rotatable bonds is 8. The number of nitrogens with zero attached hydrogens (tertiary/aromatic N) is 1. The van der Waals surface area contributed by atoms with Gasteiger partial charge in [0.25, 0.3) is 0 Å². The van der Waals surface area contributed by atoms with Crippen molar-refractivity contribution in [3.8, 4) is 0 Å². The number of nitrogens with one attached hydrogen (secondary N) is 3. The number of benzene rings is 1. The first-order chi connectivity index (χ1) is 13.5. The summed E-state index contributed by atoms with van der Waals surface area (Å²) in [4.78, 5) is 30.0. The molecule has 3 N–H and O–H groups in total. The van der Waals surface area contributed by atoms with Gasteiger partial charge in [-0.25, -0.2) is 0 Å². The molecule has 152 valence electrons. The molecule has 0 spiro atoms. The Morgan fingerprint density at radius 2 is 2.00 bits per heavy atom. The molecule has 6 heteroatoms. The molecule has 1 fully saturated rings. The van der Waals surface area contributed by atoms with Crippen molar-refractivity contribution in [2.75, 3.05) is 26.2 Å². The summed E-state index contributed by atoms with van der Waals surface area (Å²) < 4.78 is 0. The summed E-state index contributed by atoms with van der Waals surface area (Å²) in [6.45, 7) is 7.73. The first kappa shape index (κ1) is 20.4. The number of hydrogen-bond donors (Lipinski definition) is 3. The summed E-state index contributed by atoms with van der Waals surface area (Å²) in [6, 6.07) is 7.43. The molecule has 0 aliphatic carbocycles. The van der Waals surface area contributed by atoms with E-state index in [2.05, 4.69) is 27.4 Å². The standard InChI is InChI=1S/C22H32N4O2/c1-16-8-12-26(13-9-16)11-5-10-23-22(28)21(25-17(2)27)14-18-15-24-20-7-4-3-6-19(18)20/h3-4,6-7,15-16,21,24H,5,8-14H2,1-2H3,(H,23,28)(H,25,27). The number of carbonyl (C=O) groups is 2. The van der Waals surface area contributed by atoms with E-state index in [-0.39, 0.29) is 11.8 Å². The molecule has 3 rings (SSSR count). The SMILES string of the molecule is CC(=O)NC(Cc1c[nH]c2ccccc12)C(=O)NCCCN1CCC(C)CC1. The summed E-state index contributed by atoms with van der Waals surface area (Å²) in [5.41, 5.74) is 2.07. The van der Waals surface area contributed by atoms with E-state index in [1.807, 2.05) is 30.5 Å². The fraction of sp³-hybridized carbons (Fsp3) is 0.545. The lowest BCUT2D eigenvalue weighted by atomic mass is 9.99. The molecule has 28 heavy (non-hydrogen) atoms. The van der Waals surface area contributed by atoms with Crippen LogP contribution >= 0.6 is 0 Å². The van der Waals surface area contributed by atoms with Gasteiger partial charge in [-0.2, -0.15) is 0 Å².